The zero-order chi connectivity index (χ0) is 17.2. The minimum absolute atomic E-state index is 0.268. The van der Waals surface area contributed by atoms with Gasteiger partial charge in [-0.15, -0.1) is 11.3 Å². The van der Waals surface area contributed by atoms with Gasteiger partial charge in [-0.05, 0) is 30.7 Å². The zero-order valence-electron chi connectivity index (χ0n) is 13.4. The maximum Gasteiger partial charge on any atom is 0.276 e. The first-order valence-corrected chi connectivity index (χ1v) is 8.58. The molecular formula is C19H14N4OS. The largest absolute Gasteiger partial charge is 0.320 e. The molecule has 0 unspecified atom stereocenters. The maximum atomic E-state index is 12.7. The molecule has 0 aliphatic carbocycles. The van der Waals surface area contributed by atoms with Gasteiger partial charge in [-0.1, -0.05) is 30.3 Å². The molecule has 0 saturated carbocycles. The lowest BCUT2D eigenvalue weighted by Crippen LogP contribution is -2.16. The molecular weight excluding hydrogens is 332 g/mol. The fraction of sp³-hybridized carbons (Fsp3) is 0.0526. The Morgan fingerprint density at radius 2 is 1.76 bits per heavy atom. The summed E-state index contributed by atoms with van der Waals surface area (Å²) in [6, 6.07) is 15.5. The van der Waals surface area contributed by atoms with Gasteiger partial charge in [0.25, 0.3) is 5.91 Å². The van der Waals surface area contributed by atoms with Crippen molar-refractivity contribution in [1.82, 2.24) is 15.0 Å². The average molecular weight is 346 g/mol. The summed E-state index contributed by atoms with van der Waals surface area (Å²) in [6.07, 6.45) is 3.09. The number of thiazole rings is 1. The number of nitrogens with zero attached hydrogens (tertiary/aromatic N) is 3. The average Bonchev–Trinajstić information content (AvgIpc) is 3.07. The van der Waals surface area contributed by atoms with E-state index in [1.807, 2.05) is 55.5 Å². The van der Waals surface area contributed by atoms with Gasteiger partial charge in [-0.3, -0.25) is 4.79 Å². The molecule has 0 fully saturated rings. The first kappa shape index (κ1) is 15.4. The summed E-state index contributed by atoms with van der Waals surface area (Å²) in [6.45, 7) is 1.95. The van der Waals surface area contributed by atoms with Gasteiger partial charge in [0.2, 0.25) is 0 Å². The number of carbonyl (C=O) groups is 1. The number of rotatable bonds is 3. The van der Waals surface area contributed by atoms with Crippen LogP contribution >= 0.6 is 11.3 Å². The molecule has 0 spiro atoms. The van der Waals surface area contributed by atoms with Crippen molar-refractivity contribution in [1.29, 1.82) is 0 Å². The van der Waals surface area contributed by atoms with E-state index in [4.69, 9.17) is 0 Å². The Balaban J connectivity index is 1.74. The molecule has 122 valence electrons. The van der Waals surface area contributed by atoms with Gasteiger partial charge >= 0.3 is 0 Å². The van der Waals surface area contributed by atoms with Crippen molar-refractivity contribution in [3.8, 4) is 10.7 Å². The Morgan fingerprint density at radius 3 is 2.60 bits per heavy atom. The summed E-state index contributed by atoms with van der Waals surface area (Å²) < 4.78 is 1.05. The van der Waals surface area contributed by atoms with Crippen LogP contribution in [0.4, 0.5) is 5.69 Å². The number of aromatic nitrogens is 3. The number of hydrogen-bond acceptors (Lipinski definition) is 5. The summed E-state index contributed by atoms with van der Waals surface area (Å²) in [5.41, 5.74) is 3.40. The van der Waals surface area contributed by atoms with Gasteiger partial charge in [0.15, 0.2) is 5.69 Å². The van der Waals surface area contributed by atoms with Crippen LogP contribution < -0.4 is 5.32 Å². The molecule has 4 rings (SSSR count). The van der Waals surface area contributed by atoms with Gasteiger partial charge < -0.3 is 5.32 Å². The maximum absolute atomic E-state index is 12.7. The number of amides is 1. The van der Waals surface area contributed by atoms with E-state index < -0.39 is 0 Å². The van der Waals surface area contributed by atoms with Crippen molar-refractivity contribution < 1.29 is 4.79 Å². The monoisotopic (exact) mass is 346 g/mol. The van der Waals surface area contributed by atoms with Crippen molar-refractivity contribution in [2.75, 3.05) is 5.32 Å². The number of anilines is 1. The highest BCUT2D eigenvalue weighted by molar-refractivity contribution is 7.21. The Labute approximate surface area is 148 Å². The molecule has 5 nitrogen and oxygen atoms in total. The predicted octanol–water partition coefficient (Wildman–Crippen LogP) is 4.31. The summed E-state index contributed by atoms with van der Waals surface area (Å²) in [5, 5.41) is 3.59. The van der Waals surface area contributed by atoms with Crippen LogP contribution in [0.2, 0.25) is 0 Å². The van der Waals surface area contributed by atoms with Crippen LogP contribution in [0.3, 0.4) is 0 Å². The fourth-order valence-electron chi connectivity index (χ4n) is 2.53. The number of benzene rings is 2. The predicted molar refractivity (Wildman–Crippen MR) is 99.8 cm³/mol. The SMILES string of the molecule is Cc1ccccc1NC(=O)c1nccnc1-c1nc2ccccc2s1. The van der Waals surface area contributed by atoms with E-state index in [9.17, 15) is 4.79 Å². The third-order valence-electron chi connectivity index (χ3n) is 3.80. The molecule has 2 aromatic carbocycles. The van der Waals surface area contributed by atoms with Crippen LogP contribution in [0, 0.1) is 6.92 Å². The summed E-state index contributed by atoms with van der Waals surface area (Å²) in [7, 11) is 0. The van der Waals surface area contributed by atoms with Crippen LogP contribution in [0.5, 0.6) is 0 Å². The van der Waals surface area contributed by atoms with Crippen molar-refractivity contribution >= 4 is 33.1 Å². The second kappa shape index (κ2) is 6.41. The topological polar surface area (TPSA) is 67.8 Å². The molecule has 1 N–H and O–H groups in total. The molecule has 0 radical (unpaired) electrons. The van der Waals surface area contributed by atoms with Gasteiger partial charge in [-0.25, -0.2) is 15.0 Å². The van der Waals surface area contributed by atoms with Gasteiger partial charge in [0.05, 0.1) is 10.2 Å². The first-order chi connectivity index (χ1) is 12.2. The lowest BCUT2D eigenvalue weighted by atomic mass is 10.2. The highest BCUT2D eigenvalue weighted by Crippen LogP contribution is 2.30. The molecule has 25 heavy (non-hydrogen) atoms. The lowest BCUT2D eigenvalue weighted by Gasteiger charge is -2.09. The number of nitrogens with one attached hydrogen (secondary N) is 1. The van der Waals surface area contributed by atoms with E-state index in [1.54, 1.807) is 6.20 Å². The van der Waals surface area contributed by atoms with Gasteiger partial charge in [-0.2, -0.15) is 0 Å². The molecule has 0 aliphatic rings. The molecule has 0 saturated heterocycles. The van der Waals surface area contributed by atoms with E-state index in [2.05, 4.69) is 20.3 Å². The van der Waals surface area contributed by atoms with E-state index >= 15 is 0 Å². The number of aryl methyl sites for hydroxylation is 1. The van der Waals surface area contributed by atoms with Crippen LogP contribution in [-0.4, -0.2) is 20.9 Å². The third kappa shape index (κ3) is 2.99. The van der Waals surface area contributed by atoms with Crippen molar-refractivity contribution in [2.24, 2.45) is 0 Å². The van der Waals surface area contributed by atoms with Crippen LogP contribution in [0.1, 0.15) is 16.1 Å². The number of carbonyl (C=O) groups excluding carboxylic acids is 1. The molecule has 0 aliphatic heterocycles. The summed E-state index contributed by atoms with van der Waals surface area (Å²) in [4.78, 5) is 25.9. The van der Waals surface area contributed by atoms with Crippen LogP contribution in [0.15, 0.2) is 60.9 Å². The van der Waals surface area contributed by atoms with E-state index in [1.165, 1.54) is 17.5 Å². The second-order valence-corrected chi connectivity index (χ2v) is 6.54. The number of fused-ring (bicyclic) bond motifs is 1. The summed E-state index contributed by atoms with van der Waals surface area (Å²) in [5.74, 6) is -0.295. The van der Waals surface area contributed by atoms with Crippen LogP contribution in [-0.2, 0) is 0 Å². The number of hydrogen-bond donors (Lipinski definition) is 1. The smallest absolute Gasteiger partial charge is 0.276 e. The van der Waals surface area contributed by atoms with E-state index in [0.717, 1.165) is 21.5 Å². The molecule has 2 heterocycles. The van der Waals surface area contributed by atoms with Crippen molar-refractivity contribution in [2.45, 2.75) is 6.92 Å². The van der Waals surface area contributed by atoms with Crippen LogP contribution in [0.25, 0.3) is 20.9 Å². The first-order valence-electron chi connectivity index (χ1n) is 7.76. The quantitative estimate of drug-likeness (QED) is 0.600. The summed E-state index contributed by atoms with van der Waals surface area (Å²) >= 11 is 1.50. The van der Waals surface area contributed by atoms with Crippen molar-refractivity contribution in [3.05, 3.63) is 72.2 Å². The minimum Gasteiger partial charge on any atom is -0.320 e. The van der Waals surface area contributed by atoms with E-state index in [-0.39, 0.29) is 11.6 Å². The fourth-order valence-corrected chi connectivity index (χ4v) is 3.49. The Morgan fingerprint density at radius 1 is 1.00 bits per heavy atom. The van der Waals surface area contributed by atoms with Gasteiger partial charge in [0, 0.05) is 18.1 Å². The van der Waals surface area contributed by atoms with E-state index in [0.29, 0.717) is 10.7 Å². The molecule has 0 bridgehead atoms. The zero-order valence-corrected chi connectivity index (χ0v) is 14.2. The second-order valence-electron chi connectivity index (χ2n) is 5.51. The van der Waals surface area contributed by atoms with Crippen molar-refractivity contribution in [3.63, 3.8) is 0 Å². The number of para-hydroxylation sites is 2. The third-order valence-corrected chi connectivity index (χ3v) is 4.85. The highest BCUT2D eigenvalue weighted by atomic mass is 32.1. The Bertz CT molecular complexity index is 1040. The Kier molecular flexibility index (Phi) is 3.95. The molecule has 2 aromatic heterocycles. The van der Waals surface area contributed by atoms with Gasteiger partial charge in [0.1, 0.15) is 10.7 Å². The lowest BCUT2D eigenvalue weighted by molar-refractivity contribution is 0.102. The standard InChI is InChI=1S/C19H14N4OS/c1-12-6-2-3-7-13(12)22-18(24)16-17(21-11-10-20-16)19-23-14-8-4-5-9-15(14)25-19/h2-11H,1H3,(H,22,24). The molecule has 0 atom stereocenters. The molecule has 4 aromatic rings. The normalized spacial score (nSPS) is 10.8. The molecule has 1 amide bonds. The Hall–Kier alpha value is -3.12. The minimum atomic E-state index is -0.295. The highest BCUT2D eigenvalue weighted by Gasteiger charge is 2.19. The molecule has 6 heteroatoms.